The Bertz CT molecular complexity index is 382. The van der Waals surface area contributed by atoms with Crippen LogP contribution in [0.2, 0.25) is 0 Å². The van der Waals surface area contributed by atoms with Gasteiger partial charge in [0, 0.05) is 51.4 Å². The normalized spacial score (nSPS) is 10.7. The Hall–Kier alpha value is -1.36. The molecule has 0 fully saturated rings. The van der Waals surface area contributed by atoms with Crippen LogP contribution in [0.1, 0.15) is 31.5 Å². The summed E-state index contributed by atoms with van der Waals surface area (Å²) in [7, 11) is 1.92. The Labute approximate surface area is 109 Å². The number of carbonyl (C=O) groups is 1. The van der Waals surface area contributed by atoms with E-state index in [1.54, 1.807) is 0 Å². The molecule has 0 bridgehead atoms. The smallest absolute Gasteiger partial charge is 0.223 e. The van der Waals surface area contributed by atoms with Gasteiger partial charge in [0.15, 0.2) is 0 Å². The fraction of sp³-hybridized carbons (Fsp3) is 0.692. The Morgan fingerprint density at radius 2 is 2.11 bits per heavy atom. The third-order valence-corrected chi connectivity index (χ3v) is 3.06. The van der Waals surface area contributed by atoms with Crippen molar-refractivity contribution < 1.29 is 4.79 Å². The molecule has 0 aromatic carbocycles. The van der Waals surface area contributed by atoms with Crippen LogP contribution >= 0.6 is 0 Å². The third kappa shape index (κ3) is 4.14. The van der Waals surface area contributed by atoms with E-state index in [0.717, 1.165) is 25.3 Å². The van der Waals surface area contributed by atoms with E-state index in [1.807, 2.05) is 43.6 Å². The van der Waals surface area contributed by atoms with Gasteiger partial charge in [0.1, 0.15) is 0 Å². The summed E-state index contributed by atoms with van der Waals surface area (Å²) >= 11 is 0. The maximum atomic E-state index is 11.8. The van der Waals surface area contributed by atoms with E-state index in [1.165, 1.54) is 5.56 Å². The van der Waals surface area contributed by atoms with Gasteiger partial charge in [-0.3, -0.25) is 9.48 Å². The third-order valence-electron chi connectivity index (χ3n) is 3.06. The van der Waals surface area contributed by atoms with Crippen LogP contribution in [0.3, 0.4) is 0 Å². The fourth-order valence-electron chi connectivity index (χ4n) is 1.98. The SMILES string of the molecule is CCN(CC)C(=O)CCNCc1cn(C)nc1C. The Kier molecular flexibility index (Phi) is 5.85. The summed E-state index contributed by atoms with van der Waals surface area (Å²) in [4.78, 5) is 13.6. The maximum Gasteiger partial charge on any atom is 0.223 e. The lowest BCUT2D eigenvalue weighted by Gasteiger charge is -2.18. The Morgan fingerprint density at radius 1 is 1.44 bits per heavy atom. The molecular weight excluding hydrogens is 228 g/mol. The van der Waals surface area contributed by atoms with Gasteiger partial charge in [-0.15, -0.1) is 0 Å². The van der Waals surface area contributed by atoms with Gasteiger partial charge in [-0.05, 0) is 20.8 Å². The highest BCUT2D eigenvalue weighted by Gasteiger charge is 2.08. The van der Waals surface area contributed by atoms with Crippen molar-refractivity contribution in [2.75, 3.05) is 19.6 Å². The second-order valence-corrected chi connectivity index (χ2v) is 4.41. The van der Waals surface area contributed by atoms with Crippen molar-refractivity contribution in [1.82, 2.24) is 20.0 Å². The van der Waals surface area contributed by atoms with Gasteiger partial charge < -0.3 is 10.2 Å². The molecule has 1 aromatic rings. The van der Waals surface area contributed by atoms with Crippen molar-refractivity contribution in [2.45, 2.75) is 33.7 Å². The summed E-state index contributed by atoms with van der Waals surface area (Å²) in [6, 6.07) is 0. The molecule has 0 saturated carbocycles. The van der Waals surface area contributed by atoms with E-state index < -0.39 is 0 Å². The molecule has 0 radical (unpaired) electrons. The number of carbonyl (C=O) groups excluding carboxylic acids is 1. The van der Waals surface area contributed by atoms with Gasteiger partial charge in [0.05, 0.1) is 5.69 Å². The zero-order valence-electron chi connectivity index (χ0n) is 11.9. The molecule has 1 N–H and O–H groups in total. The van der Waals surface area contributed by atoms with E-state index >= 15 is 0 Å². The highest BCUT2D eigenvalue weighted by molar-refractivity contribution is 5.76. The number of amides is 1. The standard InChI is InChI=1S/C13H24N4O/c1-5-17(6-2)13(18)7-8-14-9-12-10-16(4)15-11(12)3/h10,14H,5-9H2,1-4H3. The van der Waals surface area contributed by atoms with Gasteiger partial charge in [0.25, 0.3) is 0 Å². The first-order valence-electron chi connectivity index (χ1n) is 6.56. The molecule has 0 unspecified atom stereocenters. The molecule has 0 aliphatic carbocycles. The van der Waals surface area contributed by atoms with Gasteiger partial charge in [-0.25, -0.2) is 0 Å². The topological polar surface area (TPSA) is 50.2 Å². The van der Waals surface area contributed by atoms with Crippen LogP contribution < -0.4 is 5.32 Å². The number of rotatable bonds is 7. The fourth-order valence-corrected chi connectivity index (χ4v) is 1.98. The number of nitrogens with zero attached hydrogens (tertiary/aromatic N) is 3. The van der Waals surface area contributed by atoms with Crippen LogP contribution in [0.25, 0.3) is 0 Å². The van der Waals surface area contributed by atoms with Gasteiger partial charge in [-0.2, -0.15) is 5.10 Å². The average Bonchev–Trinajstić information content (AvgIpc) is 2.65. The second kappa shape index (κ2) is 7.16. The summed E-state index contributed by atoms with van der Waals surface area (Å²) < 4.78 is 1.81. The number of aromatic nitrogens is 2. The number of hydrogen-bond donors (Lipinski definition) is 1. The molecule has 0 aliphatic heterocycles. The molecule has 0 spiro atoms. The number of aryl methyl sites for hydroxylation is 2. The highest BCUT2D eigenvalue weighted by atomic mass is 16.2. The highest BCUT2D eigenvalue weighted by Crippen LogP contribution is 2.03. The van der Waals surface area contributed by atoms with Crippen molar-refractivity contribution in [1.29, 1.82) is 0 Å². The number of hydrogen-bond acceptors (Lipinski definition) is 3. The second-order valence-electron chi connectivity index (χ2n) is 4.41. The zero-order valence-corrected chi connectivity index (χ0v) is 11.9. The molecular formula is C13H24N4O. The molecule has 18 heavy (non-hydrogen) atoms. The molecule has 0 saturated heterocycles. The molecule has 0 atom stereocenters. The summed E-state index contributed by atoms with van der Waals surface area (Å²) in [5.41, 5.74) is 2.23. The molecule has 1 heterocycles. The van der Waals surface area contributed by atoms with Crippen LogP contribution in [0.15, 0.2) is 6.20 Å². The summed E-state index contributed by atoms with van der Waals surface area (Å²) in [5.74, 6) is 0.218. The van der Waals surface area contributed by atoms with Crippen molar-refractivity contribution in [3.63, 3.8) is 0 Å². The maximum absolute atomic E-state index is 11.8. The minimum absolute atomic E-state index is 0.218. The van der Waals surface area contributed by atoms with Crippen LogP contribution in [0.5, 0.6) is 0 Å². The van der Waals surface area contributed by atoms with Crippen LogP contribution in [0.4, 0.5) is 0 Å². The van der Waals surface area contributed by atoms with E-state index in [0.29, 0.717) is 13.0 Å². The molecule has 1 aromatic heterocycles. The monoisotopic (exact) mass is 252 g/mol. The molecule has 1 rings (SSSR count). The lowest BCUT2D eigenvalue weighted by Crippen LogP contribution is -2.32. The minimum atomic E-state index is 0.218. The van der Waals surface area contributed by atoms with E-state index in [9.17, 15) is 4.79 Å². The molecule has 102 valence electrons. The van der Waals surface area contributed by atoms with Crippen LogP contribution in [0, 0.1) is 6.92 Å². The van der Waals surface area contributed by atoms with Crippen molar-refractivity contribution in [2.24, 2.45) is 7.05 Å². The first-order chi connectivity index (χ1) is 8.58. The number of nitrogens with one attached hydrogen (secondary N) is 1. The lowest BCUT2D eigenvalue weighted by molar-refractivity contribution is -0.130. The predicted octanol–water partition coefficient (Wildman–Crippen LogP) is 1.08. The molecule has 1 amide bonds. The summed E-state index contributed by atoms with van der Waals surface area (Å²) in [6.45, 7) is 9.07. The van der Waals surface area contributed by atoms with Gasteiger partial charge >= 0.3 is 0 Å². The van der Waals surface area contributed by atoms with Crippen LogP contribution in [-0.4, -0.2) is 40.2 Å². The van der Waals surface area contributed by atoms with Gasteiger partial charge in [-0.1, -0.05) is 0 Å². The van der Waals surface area contributed by atoms with Crippen molar-refractivity contribution >= 4 is 5.91 Å². The quantitative estimate of drug-likeness (QED) is 0.739. The average molecular weight is 252 g/mol. The van der Waals surface area contributed by atoms with E-state index in [-0.39, 0.29) is 5.91 Å². The zero-order chi connectivity index (χ0) is 13.5. The van der Waals surface area contributed by atoms with E-state index in [4.69, 9.17) is 0 Å². The van der Waals surface area contributed by atoms with Crippen molar-refractivity contribution in [3.8, 4) is 0 Å². The largest absolute Gasteiger partial charge is 0.343 e. The minimum Gasteiger partial charge on any atom is -0.343 e. The van der Waals surface area contributed by atoms with Crippen LogP contribution in [-0.2, 0) is 18.4 Å². The lowest BCUT2D eigenvalue weighted by atomic mass is 10.2. The van der Waals surface area contributed by atoms with E-state index in [2.05, 4.69) is 10.4 Å². The first-order valence-corrected chi connectivity index (χ1v) is 6.56. The Balaban J connectivity index is 2.26. The molecule has 5 heteroatoms. The Morgan fingerprint density at radius 3 is 2.61 bits per heavy atom. The first kappa shape index (κ1) is 14.7. The molecule has 0 aliphatic rings. The molecule has 5 nitrogen and oxygen atoms in total. The van der Waals surface area contributed by atoms with Crippen molar-refractivity contribution in [3.05, 3.63) is 17.5 Å². The summed E-state index contributed by atoms with van der Waals surface area (Å²) in [6.07, 6.45) is 2.57. The predicted molar refractivity (Wildman–Crippen MR) is 72.2 cm³/mol. The summed E-state index contributed by atoms with van der Waals surface area (Å²) in [5, 5.41) is 7.57. The van der Waals surface area contributed by atoms with Gasteiger partial charge in [0.2, 0.25) is 5.91 Å².